The first-order valence-electron chi connectivity index (χ1n) is 17.8. The molecule has 0 unspecified atom stereocenters. The SMILES string of the molecule is c1ccc(-c2ccc3cc4c(cc3c2)-c2cc3cc(N(c5ccccc5)c5cc6oc7ccccc7c6cc5-c5ccccc5)ccc3cc2-4)cc1. The van der Waals surface area contributed by atoms with Gasteiger partial charge in [-0.2, -0.15) is 0 Å². The van der Waals surface area contributed by atoms with E-state index in [-0.39, 0.29) is 0 Å². The smallest absolute Gasteiger partial charge is 0.137 e. The van der Waals surface area contributed by atoms with Gasteiger partial charge in [0.15, 0.2) is 0 Å². The molecule has 10 aromatic rings. The molecule has 0 spiro atoms. The van der Waals surface area contributed by atoms with E-state index in [0.29, 0.717) is 0 Å². The summed E-state index contributed by atoms with van der Waals surface area (Å²) >= 11 is 0. The van der Waals surface area contributed by atoms with E-state index >= 15 is 0 Å². The molecule has 52 heavy (non-hydrogen) atoms. The minimum atomic E-state index is 0.873. The maximum absolute atomic E-state index is 6.48. The third kappa shape index (κ3) is 4.51. The van der Waals surface area contributed by atoms with E-state index in [4.69, 9.17) is 4.42 Å². The van der Waals surface area contributed by atoms with Crippen LogP contribution < -0.4 is 4.90 Å². The summed E-state index contributed by atoms with van der Waals surface area (Å²) in [7, 11) is 0. The monoisotopic (exact) mass is 661 g/mol. The predicted molar refractivity (Wildman–Crippen MR) is 219 cm³/mol. The molecule has 0 N–H and O–H groups in total. The Balaban J connectivity index is 1.08. The van der Waals surface area contributed by atoms with Crippen LogP contribution >= 0.6 is 0 Å². The summed E-state index contributed by atoms with van der Waals surface area (Å²) in [5.41, 5.74) is 15.1. The van der Waals surface area contributed by atoms with E-state index in [0.717, 1.165) is 50.1 Å². The van der Waals surface area contributed by atoms with Crippen molar-refractivity contribution in [2.45, 2.75) is 0 Å². The van der Waals surface area contributed by atoms with Gasteiger partial charge in [-0.15, -0.1) is 0 Å². The van der Waals surface area contributed by atoms with Crippen LogP contribution in [0.5, 0.6) is 0 Å². The van der Waals surface area contributed by atoms with Crippen LogP contribution in [0.1, 0.15) is 0 Å². The van der Waals surface area contributed by atoms with Crippen LogP contribution in [0.4, 0.5) is 17.1 Å². The summed E-state index contributed by atoms with van der Waals surface area (Å²) < 4.78 is 6.48. The Bertz CT molecular complexity index is 3000. The van der Waals surface area contributed by atoms with Crippen molar-refractivity contribution in [1.82, 2.24) is 0 Å². The minimum absolute atomic E-state index is 0.873. The van der Waals surface area contributed by atoms with Crippen LogP contribution in [-0.2, 0) is 0 Å². The zero-order valence-corrected chi connectivity index (χ0v) is 28.3. The second kappa shape index (κ2) is 11.3. The van der Waals surface area contributed by atoms with Crippen molar-refractivity contribution in [2.24, 2.45) is 0 Å². The average Bonchev–Trinajstić information content (AvgIpc) is 3.58. The van der Waals surface area contributed by atoms with Gasteiger partial charge in [0.2, 0.25) is 0 Å². The van der Waals surface area contributed by atoms with Crippen molar-refractivity contribution >= 4 is 60.5 Å². The molecule has 1 aromatic heterocycles. The number of para-hydroxylation sites is 2. The fraction of sp³-hybridized carbons (Fsp3) is 0. The van der Waals surface area contributed by atoms with Crippen LogP contribution in [0.15, 0.2) is 192 Å². The lowest BCUT2D eigenvalue weighted by molar-refractivity contribution is 0.669. The fourth-order valence-corrected chi connectivity index (χ4v) is 8.16. The highest BCUT2D eigenvalue weighted by atomic mass is 16.3. The highest BCUT2D eigenvalue weighted by molar-refractivity contribution is 6.13. The van der Waals surface area contributed by atoms with Crippen LogP contribution in [0, 0.1) is 0 Å². The Morgan fingerprint density at radius 3 is 1.60 bits per heavy atom. The van der Waals surface area contributed by atoms with Crippen LogP contribution in [0.3, 0.4) is 0 Å². The molecule has 0 amide bonds. The Kier molecular flexibility index (Phi) is 6.28. The first-order valence-corrected chi connectivity index (χ1v) is 17.8. The summed E-state index contributed by atoms with van der Waals surface area (Å²) in [6.45, 7) is 0. The molecule has 2 heteroatoms. The molecule has 11 rings (SSSR count). The Labute approximate surface area is 301 Å². The minimum Gasteiger partial charge on any atom is -0.456 e. The number of hydrogen-bond acceptors (Lipinski definition) is 2. The third-order valence-electron chi connectivity index (χ3n) is 10.7. The van der Waals surface area contributed by atoms with Gasteiger partial charge >= 0.3 is 0 Å². The molecule has 0 atom stereocenters. The lowest BCUT2D eigenvalue weighted by Gasteiger charge is -2.29. The lowest BCUT2D eigenvalue weighted by atomic mass is 9.77. The fourth-order valence-electron chi connectivity index (χ4n) is 8.16. The Morgan fingerprint density at radius 1 is 0.308 bits per heavy atom. The molecule has 1 aliphatic rings. The zero-order valence-electron chi connectivity index (χ0n) is 28.3. The largest absolute Gasteiger partial charge is 0.456 e. The van der Waals surface area contributed by atoms with Gasteiger partial charge in [0.05, 0.1) is 5.69 Å². The van der Waals surface area contributed by atoms with Crippen molar-refractivity contribution in [3.05, 3.63) is 188 Å². The van der Waals surface area contributed by atoms with Crippen molar-refractivity contribution < 1.29 is 4.42 Å². The lowest BCUT2D eigenvalue weighted by Crippen LogP contribution is -2.11. The quantitative estimate of drug-likeness (QED) is 0.182. The number of fused-ring (bicyclic) bond motifs is 9. The summed E-state index contributed by atoms with van der Waals surface area (Å²) in [6.07, 6.45) is 0. The number of anilines is 3. The highest BCUT2D eigenvalue weighted by Crippen LogP contribution is 2.51. The highest BCUT2D eigenvalue weighted by Gasteiger charge is 2.25. The van der Waals surface area contributed by atoms with Crippen molar-refractivity contribution in [3.8, 4) is 44.5 Å². The van der Waals surface area contributed by atoms with Crippen molar-refractivity contribution in [1.29, 1.82) is 0 Å². The number of benzene rings is 9. The van der Waals surface area contributed by atoms with Gasteiger partial charge in [-0.25, -0.2) is 0 Å². The van der Waals surface area contributed by atoms with Gasteiger partial charge in [0.25, 0.3) is 0 Å². The van der Waals surface area contributed by atoms with E-state index in [9.17, 15) is 0 Å². The van der Waals surface area contributed by atoms with Gasteiger partial charge in [0.1, 0.15) is 11.2 Å². The average molecular weight is 662 g/mol. The molecule has 242 valence electrons. The molecule has 0 aliphatic heterocycles. The molecule has 9 aromatic carbocycles. The number of rotatable bonds is 5. The first kappa shape index (κ1) is 28.9. The molecule has 0 fully saturated rings. The van der Waals surface area contributed by atoms with Crippen LogP contribution in [0.2, 0.25) is 0 Å². The predicted octanol–water partition coefficient (Wildman–Crippen LogP) is 14.3. The standard InChI is InChI=1S/C50H31NO/c1-4-12-32(13-5-1)34-20-21-35-26-43-44-27-36-22-23-40(25-38(36)29-46(44)45(43)28-37(35)24-34)51(39-16-8-3-9-17-39)48-31-50-47(41-18-10-11-19-49(41)52-50)30-42(48)33-14-6-2-7-15-33/h1-31H. The van der Waals surface area contributed by atoms with E-state index < -0.39 is 0 Å². The molecule has 1 aliphatic carbocycles. The molecular weight excluding hydrogens is 631 g/mol. The first-order chi connectivity index (χ1) is 25.7. The van der Waals surface area contributed by atoms with Crippen LogP contribution in [0.25, 0.3) is 88.0 Å². The topological polar surface area (TPSA) is 16.4 Å². The number of nitrogens with zero attached hydrogens (tertiary/aromatic N) is 1. The molecule has 0 bridgehead atoms. The van der Waals surface area contributed by atoms with Gasteiger partial charge in [-0.3, -0.25) is 0 Å². The number of furan rings is 1. The van der Waals surface area contributed by atoms with E-state index in [2.05, 4.69) is 187 Å². The van der Waals surface area contributed by atoms with E-state index in [1.165, 1.54) is 54.9 Å². The number of hydrogen-bond donors (Lipinski definition) is 0. The van der Waals surface area contributed by atoms with E-state index in [1.54, 1.807) is 0 Å². The van der Waals surface area contributed by atoms with Gasteiger partial charge in [-0.05, 0) is 127 Å². The normalized spacial score (nSPS) is 11.8. The molecule has 0 saturated carbocycles. The second-order valence-electron chi connectivity index (χ2n) is 13.8. The maximum atomic E-state index is 6.48. The summed E-state index contributed by atoms with van der Waals surface area (Å²) in [4.78, 5) is 2.38. The van der Waals surface area contributed by atoms with Gasteiger partial charge < -0.3 is 9.32 Å². The van der Waals surface area contributed by atoms with Crippen molar-refractivity contribution in [3.63, 3.8) is 0 Å². The van der Waals surface area contributed by atoms with Gasteiger partial charge in [-0.1, -0.05) is 115 Å². The summed E-state index contributed by atoms with van der Waals surface area (Å²) in [5.74, 6) is 0. The molecular formula is C50H31NO. The second-order valence-corrected chi connectivity index (χ2v) is 13.8. The molecule has 2 nitrogen and oxygen atoms in total. The summed E-state index contributed by atoms with van der Waals surface area (Å²) in [5, 5.41) is 7.23. The van der Waals surface area contributed by atoms with Gasteiger partial charge in [0, 0.05) is 33.8 Å². The zero-order chi connectivity index (χ0) is 34.2. The van der Waals surface area contributed by atoms with Crippen LogP contribution in [-0.4, -0.2) is 0 Å². The maximum Gasteiger partial charge on any atom is 0.137 e. The molecule has 0 saturated heterocycles. The third-order valence-corrected chi connectivity index (χ3v) is 10.7. The van der Waals surface area contributed by atoms with Crippen molar-refractivity contribution in [2.75, 3.05) is 4.90 Å². The molecule has 1 heterocycles. The Hall–Kier alpha value is -6.90. The Morgan fingerprint density at radius 2 is 0.885 bits per heavy atom. The molecule has 0 radical (unpaired) electrons. The van der Waals surface area contributed by atoms with E-state index in [1.807, 2.05) is 6.07 Å². The summed E-state index contributed by atoms with van der Waals surface area (Å²) in [6, 6.07) is 68.0.